The minimum absolute atomic E-state index is 0. The summed E-state index contributed by atoms with van der Waals surface area (Å²) in [5.41, 5.74) is 0. The second kappa shape index (κ2) is 4.14. The van der Waals surface area contributed by atoms with E-state index < -0.39 is 0 Å². The van der Waals surface area contributed by atoms with E-state index in [1.165, 1.54) is 0 Å². The third kappa shape index (κ3) is 2.56. The Kier molecular flexibility index (Phi) is 4.26. The monoisotopic (exact) mass is 198 g/mol. The number of hydrogen-bond donors (Lipinski definition) is 1. The third-order valence-corrected chi connectivity index (χ3v) is 1.52. The number of phenolic OH excluding ortho intramolecular Hbond substituents is 1. The summed E-state index contributed by atoms with van der Waals surface area (Å²) in [6.07, 6.45) is 0. The Bertz CT molecular complexity index is 169. The van der Waals surface area contributed by atoms with Gasteiger partial charge < -0.3 is 5.11 Å². The van der Waals surface area contributed by atoms with E-state index >= 15 is 0 Å². The van der Waals surface area contributed by atoms with E-state index in [4.69, 9.17) is 5.11 Å². The highest BCUT2D eigenvalue weighted by Crippen LogP contribution is 2.21. The van der Waals surface area contributed by atoms with Crippen molar-refractivity contribution in [2.45, 2.75) is 0 Å². The van der Waals surface area contributed by atoms with Crippen LogP contribution in [0.1, 0.15) is 0 Å². The van der Waals surface area contributed by atoms with Crippen LogP contribution in [0.4, 0.5) is 0 Å². The van der Waals surface area contributed by atoms with Gasteiger partial charge >= 0.3 is 23.1 Å². The summed E-state index contributed by atoms with van der Waals surface area (Å²) >= 11 is 3.15. The van der Waals surface area contributed by atoms with Crippen LogP contribution in [0.5, 0.6) is 5.75 Å². The molecule has 0 saturated carbocycles. The molecule has 0 radical (unpaired) electrons. The maximum atomic E-state index is 8.87. The molecule has 0 unspecified atom stereocenters. The first-order chi connectivity index (χ1) is 3.80. The van der Waals surface area contributed by atoms with Gasteiger partial charge in [0.2, 0.25) is 0 Å². The molecule has 0 heterocycles. The molecule has 3 heteroatoms. The van der Waals surface area contributed by atoms with Crippen molar-refractivity contribution in [3.63, 3.8) is 0 Å². The molecule has 1 aromatic rings. The molecule has 0 aromatic heterocycles. The fraction of sp³-hybridized carbons (Fsp3) is 0. The molecule has 1 rings (SSSR count). The zero-order valence-corrected chi connectivity index (χ0v) is 5.72. The maximum Gasteiger partial charge on any atom is 0.316 e. The first-order valence-electron chi connectivity index (χ1n) is 2.24. The third-order valence-electron chi connectivity index (χ3n) is 0.852. The zero-order valence-electron chi connectivity index (χ0n) is 4.13. The van der Waals surface area contributed by atoms with Gasteiger partial charge in [-0.2, -0.15) is 0 Å². The van der Waals surface area contributed by atoms with E-state index in [0.29, 0.717) is 0 Å². The molecule has 0 spiro atoms. The van der Waals surface area contributed by atoms with Crippen molar-refractivity contribution in [3.8, 4) is 5.75 Å². The number of hydrogen-bond acceptors (Lipinski definition) is 1. The quantitative estimate of drug-likeness (QED) is 0.623. The number of rotatable bonds is 0. The first-order valence-corrected chi connectivity index (χ1v) is 3.03. The van der Waals surface area contributed by atoms with Crippen LogP contribution >= 0.6 is 15.9 Å². The summed E-state index contributed by atoms with van der Waals surface area (Å²) in [6, 6.07) is 7.04. The second-order valence-electron chi connectivity index (χ2n) is 1.45. The SMILES string of the molecule is Oc1ccccc1Br.[MgH2]. The van der Waals surface area contributed by atoms with E-state index in [2.05, 4.69) is 15.9 Å². The van der Waals surface area contributed by atoms with Gasteiger partial charge in [0.05, 0.1) is 4.47 Å². The van der Waals surface area contributed by atoms with Gasteiger partial charge in [0, 0.05) is 0 Å². The van der Waals surface area contributed by atoms with Crippen LogP contribution in [-0.2, 0) is 0 Å². The second-order valence-corrected chi connectivity index (χ2v) is 2.31. The molecule has 0 bridgehead atoms. The van der Waals surface area contributed by atoms with Crippen LogP contribution in [0.15, 0.2) is 28.7 Å². The van der Waals surface area contributed by atoms with E-state index in [-0.39, 0.29) is 28.8 Å². The molecule has 0 aliphatic heterocycles. The van der Waals surface area contributed by atoms with Crippen molar-refractivity contribution in [1.29, 1.82) is 0 Å². The molecule has 0 saturated heterocycles. The van der Waals surface area contributed by atoms with Crippen molar-refractivity contribution in [1.82, 2.24) is 0 Å². The zero-order chi connectivity index (χ0) is 5.98. The first kappa shape index (κ1) is 9.27. The Morgan fingerprint density at radius 1 is 1.22 bits per heavy atom. The Balaban J connectivity index is 0.000000640. The molecule has 9 heavy (non-hydrogen) atoms. The number of para-hydroxylation sites is 1. The predicted octanol–water partition coefficient (Wildman–Crippen LogP) is 1.24. The molecule has 1 aromatic carbocycles. The minimum Gasteiger partial charge on any atom is -0.507 e. The highest BCUT2D eigenvalue weighted by atomic mass is 79.9. The average molecular weight is 199 g/mol. The van der Waals surface area contributed by atoms with E-state index in [1.54, 1.807) is 18.2 Å². The Morgan fingerprint density at radius 2 is 1.78 bits per heavy atom. The predicted molar refractivity (Wildman–Crippen MR) is 44.4 cm³/mol. The summed E-state index contributed by atoms with van der Waals surface area (Å²) in [7, 11) is 0. The van der Waals surface area contributed by atoms with Gasteiger partial charge in [-0.05, 0) is 28.1 Å². The molecule has 0 aliphatic rings. The Hall–Kier alpha value is 0.266. The van der Waals surface area contributed by atoms with E-state index in [9.17, 15) is 0 Å². The summed E-state index contributed by atoms with van der Waals surface area (Å²) in [4.78, 5) is 0. The molecule has 46 valence electrons. The van der Waals surface area contributed by atoms with Gasteiger partial charge in [-0.25, -0.2) is 0 Å². The molecule has 0 amide bonds. The summed E-state index contributed by atoms with van der Waals surface area (Å²) < 4.78 is 0.736. The van der Waals surface area contributed by atoms with Crippen LogP contribution in [-0.4, -0.2) is 28.2 Å². The normalized spacial score (nSPS) is 8.11. The fourth-order valence-corrected chi connectivity index (χ4v) is 0.737. The number of halogens is 1. The van der Waals surface area contributed by atoms with E-state index in [0.717, 1.165) is 4.47 Å². The van der Waals surface area contributed by atoms with Crippen molar-refractivity contribution in [2.24, 2.45) is 0 Å². The number of benzene rings is 1. The van der Waals surface area contributed by atoms with Gasteiger partial charge in [0.15, 0.2) is 0 Å². The van der Waals surface area contributed by atoms with Crippen LogP contribution in [0.2, 0.25) is 0 Å². The average Bonchev–Trinajstić information content (AvgIpc) is 1.77. The molecule has 0 atom stereocenters. The highest BCUT2D eigenvalue weighted by molar-refractivity contribution is 9.10. The molecule has 1 nitrogen and oxygen atoms in total. The van der Waals surface area contributed by atoms with Gasteiger partial charge in [-0.3, -0.25) is 0 Å². The highest BCUT2D eigenvalue weighted by Gasteiger charge is 1.89. The van der Waals surface area contributed by atoms with Crippen molar-refractivity contribution >= 4 is 39.0 Å². The summed E-state index contributed by atoms with van der Waals surface area (Å²) in [5.74, 6) is 0.285. The molecule has 1 N–H and O–H groups in total. The maximum absolute atomic E-state index is 8.87. The Labute approximate surface area is 78.4 Å². The molecule has 0 fully saturated rings. The van der Waals surface area contributed by atoms with Crippen LogP contribution in [0, 0.1) is 0 Å². The summed E-state index contributed by atoms with van der Waals surface area (Å²) in [5, 5.41) is 8.87. The number of phenols is 1. The molecule has 0 aliphatic carbocycles. The van der Waals surface area contributed by atoms with Crippen molar-refractivity contribution in [2.75, 3.05) is 0 Å². The topological polar surface area (TPSA) is 20.2 Å². The van der Waals surface area contributed by atoms with Crippen LogP contribution in [0.25, 0.3) is 0 Å². The Morgan fingerprint density at radius 3 is 2.11 bits per heavy atom. The fourth-order valence-electron chi connectivity index (χ4n) is 0.452. The lowest BCUT2D eigenvalue weighted by Gasteiger charge is -1.90. The van der Waals surface area contributed by atoms with Crippen molar-refractivity contribution in [3.05, 3.63) is 28.7 Å². The lowest BCUT2D eigenvalue weighted by atomic mass is 10.3. The van der Waals surface area contributed by atoms with Gasteiger partial charge in [0.1, 0.15) is 5.75 Å². The lowest BCUT2D eigenvalue weighted by molar-refractivity contribution is 0.472. The number of aromatic hydroxyl groups is 1. The lowest BCUT2D eigenvalue weighted by Crippen LogP contribution is -1.63. The molecular weight excluding hydrogens is 192 g/mol. The van der Waals surface area contributed by atoms with Gasteiger partial charge in [-0.15, -0.1) is 0 Å². The van der Waals surface area contributed by atoms with Crippen molar-refractivity contribution < 1.29 is 5.11 Å². The largest absolute Gasteiger partial charge is 0.507 e. The minimum atomic E-state index is 0. The molecular formula is C6H7BrMgO. The van der Waals surface area contributed by atoms with E-state index in [1.807, 2.05) is 6.07 Å². The van der Waals surface area contributed by atoms with Crippen LogP contribution in [0.3, 0.4) is 0 Å². The standard InChI is InChI=1S/C6H5BrO.Mg.2H/c7-5-3-1-2-4-6(5)8;;;/h1-4,8H;;;. The van der Waals surface area contributed by atoms with Gasteiger partial charge in [-0.1, -0.05) is 12.1 Å². The smallest absolute Gasteiger partial charge is 0.316 e. The van der Waals surface area contributed by atoms with Crippen LogP contribution < -0.4 is 0 Å². The van der Waals surface area contributed by atoms with Gasteiger partial charge in [0.25, 0.3) is 0 Å². The summed E-state index contributed by atoms with van der Waals surface area (Å²) in [6.45, 7) is 0.